The van der Waals surface area contributed by atoms with Gasteiger partial charge in [-0.25, -0.2) is 9.67 Å². The lowest BCUT2D eigenvalue weighted by Gasteiger charge is -2.32. The van der Waals surface area contributed by atoms with Gasteiger partial charge in [-0.05, 0) is 33.6 Å². The first-order chi connectivity index (χ1) is 10.6. The first-order valence-corrected chi connectivity index (χ1v) is 7.80. The lowest BCUT2D eigenvalue weighted by Crippen LogP contribution is -2.41. The number of aryl methyl sites for hydroxylation is 3. The van der Waals surface area contributed by atoms with E-state index in [1.54, 1.807) is 10.9 Å². The Kier molecular flexibility index (Phi) is 3.96. The first kappa shape index (κ1) is 14.7. The fraction of sp³-hybridized carbons (Fsp3) is 0.600. The molecule has 2 aromatic heterocycles. The number of hydrogen-bond acceptors (Lipinski definition) is 4. The van der Waals surface area contributed by atoms with Gasteiger partial charge in [0, 0.05) is 25.8 Å². The maximum Gasteiger partial charge on any atom is 0.257 e. The molecule has 1 amide bonds. The van der Waals surface area contributed by atoms with Crippen molar-refractivity contribution in [1.29, 1.82) is 0 Å². The Morgan fingerprint density at radius 2 is 2.23 bits per heavy atom. The molecule has 1 fully saturated rings. The maximum absolute atomic E-state index is 12.6. The molecule has 7 heteroatoms. The molecule has 1 aliphatic heterocycles. The third kappa shape index (κ3) is 2.75. The summed E-state index contributed by atoms with van der Waals surface area (Å²) in [5, 5.41) is 8.66. The number of amides is 1. The summed E-state index contributed by atoms with van der Waals surface area (Å²) in [6.07, 6.45) is 5.48. The van der Waals surface area contributed by atoms with Crippen molar-refractivity contribution in [3.05, 3.63) is 29.6 Å². The van der Waals surface area contributed by atoms with Crippen molar-refractivity contribution >= 4 is 5.91 Å². The minimum atomic E-state index is 0.0545. The van der Waals surface area contributed by atoms with E-state index in [-0.39, 0.29) is 11.9 Å². The molecule has 3 rings (SSSR count). The van der Waals surface area contributed by atoms with Crippen LogP contribution < -0.4 is 0 Å². The van der Waals surface area contributed by atoms with Crippen LogP contribution in [-0.4, -0.2) is 48.4 Å². The third-order valence-corrected chi connectivity index (χ3v) is 4.14. The second kappa shape index (κ2) is 5.90. The highest BCUT2D eigenvalue weighted by Crippen LogP contribution is 2.23. The molecular formula is C15H22N6O. The number of likely N-dealkylation sites (tertiary alicyclic amines) is 1. The minimum Gasteiger partial charge on any atom is -0.336 e. The number of aromatic nitrogens is 5. The molecule has 0 bridgehead atoms. The first-order valence-electron chi connectivity index (χ1n) is 7.80. The lowest BCUT2D eigenvalue weighted by molar-refractivity contribution is 0.0671. The Morgan fingerprint density at radius 3 is 2.86 bits per heavy atom. The molecule has 0 aromatic carbocycles. The fourth-order valence-corrected chi connectivity index (χ4v) is 3.05. The second-order valence-corrected chi connectivity index (χ2v) is 5.78. The number of carbonyl (C=O) groups is 1. The highest BCUT2D eigenvalue weighted by molar-refractivity contribution is 5.93. The molecule has 118 valence electrons. The molecule has 7 nitrogen and oxygen atoms in total. The van der Waals surface area contributed by atoms with Crippen LogP contribution in [0.25, 0.3) is 0 Å². The van der Waals surface area contributed by atoms with Crippen molar-refractivity contribution in [2.75, 3.05) is 13.1 Å². The molecule has 0 radical (unpaired) electrons. The van der Waals surface area contributed by atoms with Crippen LogP contribution in [0.15, 0.2) is 12.4 Å². The zero-order chi connectivity index (χ0) is 15.7. The van der Waals surface area contributed by atoms with Gasteiger partial charge in [0.15, 0.2) is 0 Å². The largest absolute Gasteiger partial charge is 0.336 e. The quantitative estimate of drug-likeness (QED) is 0.863. The number of hydrogen-bond donors (Lipinski definition) is 0. The predicted octanol–water partition coefficient (Wildman–Crippen LogP) is 1.59. The number of piperidine rings is 1. The number of carbonyl (C=O) groups excluding carboxylic acids is 1. The second-order valence-electron chi connectivity index (χ2n) is 5.78. The Bertz CT molecular complexity index is 673. The molecule has 0 unspecified atom stereocenters. The van der Waals surface area contributed by atoms with Crippen LogP contribution in [0.4, 0.5) is 0 Å². The van der Waals surface area contributed by atoms with E-state index < -0.39 is 0 Å². The number of nitrogens with zero attached hydrogens (tertiary/aromatic N) is 6. The smallest absolute Gasteiger partial charge is 0.257 e. The summed E-state index contributed by atoms with van der Waals surface area (Å²) in [5.74, 6) is 1.75. The van der Waals surface area contributed by atoms with Crippen molar-refractivity contribution in [1.82, 2.24) is 29.4 Å². The van der Waals surface area contributed by atoms with Crippen LogP contribution in [0, 0.1) is 13.8 Å². The van der Waals surface area contributed by atoms with Gasteiger partial charge in [0.1, 0.15) is 11.6 Å². The molecule has 1 atom stereocenters. The van der Waals surface area contributed by atoms with Gasteiger partial charge >= 0.3 is 0 Å². The van der Waals surface area contributed by atoms with E-state index in [0.717, 1.165) is 37.6 Å². The van der Waals surface area contributed by atoms with Crippen molar-refractivity contribution in [2.24, 2.45) is 0 Å². The molecule has 1 aliphatic rings. The summed E-state index contributed by atoms with van der Waals surface area (Å²) in [6, 6.07) is 0.208. The Hall–Kier alpha value is -2.18. The van der Waals surface area contributed by atoms with Gasteiger partial charge in [-0.15, -0.1) is 0 Å². The Labute approximate surface area is 129 Å². The summed E-state index contributed by atoms with van der Waals surface area (Å²) in [6.45, 7) is 8.11. The van der Waals surface area contributed by atoms with E-state index in [0.29, 0.717) is 12.1 Å². The molecular weight excluding hydrogens is 280 g/mol. The van der Waals surface area contributed by atoms with Crippen molar-refractivity contribution in [2.45, 2.75) is 46.2 Å². The summed E-state index contributed by atoms with van der Waals surface area (Å²) in [5.41, 5.74) is 0.661. The van der Waals surface area contributed by atoms with Crippen LogP contribution in [0.2, 0.25) is 0 Å². The third-order valence-electron chi connectivity index (χ3n) is 4.14. The topological polar surface area (TPSA) is 68.8 Å². The average Bonchev–Trinajstić information content (AvgIpc) is 3.13. The molecule has 22 heavy (non-hydrogen) atoms. The molecule has 3 heterocycles. The van der Waals surface area contributed by atoms with Gasteiger partial charge in [-0.3, -0.25) is 9.48 Å². The van der Waals surface area contributed by atoms with Gasteiger partial charge in [0.25, 0.3) is 5.91 Å². The van der Waals surface area contributed by atoms with Gasteiger partial charge < -0.3 is 4.90 Å². The Morgan fingerprint density at radius 1 is 1.41 bits per heavy atom. The maximum atomic E-state index is 12.6. The molecule has 0 N–H and O–H groups in total. The van der Waals surface area contributed by atoms with E-state index in [1.807, 2.05) is 36.5 Å². The van der Waals surface area contributed by atoms with Crippen LogP contribution in [-0.2, 0) is 6.54 Å². The number of rotatable bonds is 3. The SMILES string of the molecule is CCn1cc(C(=O)N2CCC[C@H](n3nc(C)nc3C)C2)cn1. The predicted molar refractivity (Wildman–Crippen MR) is 81.6 cm³/mol. The van der Waals surface area contributed by atoms with Crippen LogP contribution in [0.1, 0.15) is 47.8 Å². The van der Waals surface area contributed by atoms with Crippen LogP contribution >= 0.6 is 0 Å². The molecule has 0 spiro atoms. The van der Waals surface area contributed by atoms with Crippen LogP contribution in [0.3, 0.4) is 0 Å². The van der Waals surface area contributed by atoms with Gasteiger partial charge in [-0.1, -0.05) is 0 Å². The van der Waals surface area contributed by atoms with E-state index in [9.17, 15) is 4.79 Å². The normalized spacial score (nSPS) is 18.7. The zero-order valence-electron chi connectivity index (χ0n) is 13.4. The highest BCUT2D eigenvalue weighted by atomic mass is 16.2. The van der Waals surface area contributed by atoms with E-state index >= 15 is 0 Å². The molecule has 0 aliphatic carbocycles. The summed E-state index contributed by atoms with van der Waals surface area (Å²) < 4.78 is 3.74. The Balaban J connectivity index is 1.75. The van der Waals surface area contributed by atoms with Gasteiger partial charge in [0.05, 0.1) is 17.8 Å². The molecule has 1 saturated heterocycles. The van der Waals surface area contributed by atoms with E-state index in [4.69, 9.17) is 0 Å². The van der Waals surface area contributed by atoms with E-state index in [2.05, 4.69) is 15.2 Å². The highest BCUT2D eigenvalue weighted by Gasteiger charge is 2.27. The average molecular weight is 302 g/mol. The van der Waals surface area contributed by atoms with Gasteiger partial charge in [0.2, 0.25) is 0 Å². The van der Waals surface area contributed by atoms with Crippen molar-refractivity contribution in [3.63, 3.8) is 0 Å². The summed E-state index contributed by atoms with van der Waals surface area (Å²) in [7, 11) is 0. The van der Waals surface area contributed by atoms with Gasteiger partial charge in [-0.2, -0.15) is 10.2 Å². The zero-order valence-corrected chi connectivity index (χ0v) is 13.4. The minimum absolute atomic E-state index is 0.0545. The van der Waals surface area contributed by atoms with E-state index in [1.165, 1.54) is 0 Å². The molecule has 2 aromatic rings. The lowest BCUT2D eigenvalue weighted by atomic mass is 10.1. The monoisotopic (exact) mass is 302 g/mol. The fourth-order valence-electron chi connectivity index (χ4n) is 3.05. The molecule has 0 saturated carbocycles. The summed E-state index contributed by atoms with van der Waals surface area (Å²) >= 11 is 0. The standard InChI is InChI=1S/C15H22N6O/c1-4-20-9-13(8-16-20)15(22)19-7-5-6-14(10-19)21-12(3)17-11(2)18-21/h8-9,14H,4-7,10H2,1-3H3/t14-/m0/s1. The van der Waals surface area contributed by atoms with Crippen LogP contribution in [0.5, 0.6) is 0 Å². The summed E-state index contributed by atoms with van der Waals surface area (Å²) in [4.78, 5) is 18.9. The van der Waals surface area contributed by atoms with Crippen molar-refractivity contribution < 1.29 is 4.79 Å². The van der Waals surface area contributed by atoms with Crippen molar-refractivity contribution in [3.8, 4) is 0 Å².